The Morgan fingerprint density at radius 2 is 2.06 bits per heavy atom. The highest BCUT2D eigenvalue weighted by molar-refractivity contribution is 5.93. The zero-order valence-corrected chi connectivity index (χ0v) is 9.67. The van der Waals surface area contributed by atoms with Crippen molar-refractivity contribution in [3.63, 3.8) is 0 Å². The second-order valence-corrected chi connectivity index (χ2v) is 3.52. The molecule has 0 fully saturated rings. The summed E-state index contributed by atoms with van der Waals surface area (Å²) in [5.74, 6) is -0.894. The molecular weight excluding hydrogens is 238 g/mol. The maximum absolute atomic E-state index is 11.6. The minimum absolute atomic E-state index is 0.0255. The number of H-pyrrole nitrogens is 1. The van der Waals surface area contributed by atoms with Gasteiger partial charge in [-0.25, -0.2) is 4.79 Å². The molecular formula is C11H11N3O4. The van der Waals surface area contributed by atoms with Crippen molar-refractivity contribution in [2.45, 2.75) is 6.92 Å². The van der Waals surface area contributed by atoms with Gasteiger partial charge in [0.15, 0.2) is 0 Å². The van der Waals surface area contributed by atoms with Gasteiger partial charge in [-0.1, -0.05) is 5.21 Å². The summed E-state index contributed by atoms with van der Waals surface area (Å²) in [7, 11) is 0. The van der Waals surface area contributed by atoms with Gasteiger partial charge in [0, 0.05) is 6.92 Å². The molecule has 0 bridgehead atoms. The van der Waals surface area contributed by atoms with Crippen molar-refractivity contribution in [1.82, 2.24) is 15.4 Å². The number of benzene rings is 1. The molecule has 0 saturated heterocycles. The maximum atomic E-state index is 11.6. The number of carbonyl (C=O) groups excluding carboxylic acids is 2. The van der Waals surface area contributed by atoms with E-state index >= 15 is 0 Å². The molecule has 1 aromatic heterocycles. The molecule has 2 aromatic rings. The normalized spacial score (nSPS) is 10.3. The van der Waals surface area contributed by atoms with Crippen molar-refractivity contribution in [3.8, 4) is 0 Å². The number of nitrogens with one attached hydrogen (secondary N) is 1. The highest BCUT2D eigenvalue weighted by Gasteiger charge is 2.09. The molecule has 2 rings (SSSR count). The standard InChI is InChI=1S/C11H11N3O4/c1-7(15)17-4-5-18-11(16)8-2-3-9-10(6-8)13-14-12-9/h2-3,6H,4-5H2,1H3,(H,12,13,14). The zero-order chi connectivity index (χ0) is 13.0. The molecule has 0 aliphatic rings. The number of aromatic nitrogens is 3. The molecule has 0 saturated carbocycles. The first-order chi connectivity index (χ1) is 8.66. The van der Waals surface area contributed by atoms with Crippen molar-refractivity contribution < 1.29 is 19.1 Å². The van der Waals surface area contributed by atoms with E-state index in [0.29, 0.717) is 16.6 Å². The third kappa shape index (κ3) is 2.82. The first kappa shape index (κ1) is 12.0. The van der Waals surface area contributed by atoms with E-state index in [1.165, 1.54) is 6.92 Å². The van der Waals surface area contributed by atoms with Gasteiger partial charge in [0.2, 0.25) is 0 Å². The summed E-state index contributed by atoms with van der Waals surface area (Å²) in [5, 5.41) is 10.1. The third-order valence-electron chi connectivity index (χ3n) is 2.18. The molecule has 0 aliphatic heterocycles. The summed E-state index contributed by atoms with van der Waals surface area (Å²) in [4.78, 5) is 22.1. The Morgan fingerprint density at radius 1 is 1.28 bits per heavy atom. The van der Waals surface area contributed by atoms with E-state index in [-0.39, 0.29) is 13.2 Å². The molecule has 7 nitrogen and oxygen atoms in total. The quantitative estimate of drug-likeness (QED) is 0.632. The van der Waals surface area contributed by atoms with Gasteiger partial charge in [0.1, 0.15) is 18.7 Å². The van der Waals surface area contributed by atoms with Crippen LogP contribution in [0.25, 0.3) is 11.0 Å². The fraction of sp³-hybridized carbons (Fsp3) is 0.273. The first-order valence-corrected chi connectivity index (χ1v) is 5.28. The molecule has 18 heavy (non-hydrogen) atoms. The Bertz CT molecular complexity index is 578. The fourth-order valence-corrected chi connectivity index (χ4v) is 1.38. The van der Waals surface area contributed by atoms with Crippen molar-refractivity contribution in [1.29, 1.82) is 0 Å². The summed E-state index contributed by atoms with van der Waals surface area (Å²) in [6, 6.07) is 4.87. The monoisotopic (exact) mass is 249 g/mol. The van der Waals surface area contributed by atoms with Crippen molar-refractivity contribution >= 4 is 23.0 Å². The van der Waals surface area contributed by atoms with E-state index in [0.717, 1.165) is 0 Å². The van der Waals surface area contributed by atoms with E-state index in [2.05, 4.69) is 20.1 Å². The van der Waals surface area contributed by atoms with Crippen LogP contribution in [0.3, 0.4) is 0 Å². The van der Waals surface area contributed by atoms with Crippen LogP contribution in [0.5, 0.6) is 0 Å². The summed E-state index contributed by atoms with van der Waals surface area (Å²) < 4.78 is 9.58. The minimum atomic E-state index is -0.487. The lowest BCUT2D eigenvalue weighted by atomic mass is 10.2. The lowest BCUT2D eigenvalue weighted by molar-refractivity contribution is -0.142. The lowest BCUT2D eigenvalue weighted by Gasteiger charge is -2.04. The van der Waals surface area contributed by atoms with Gasteiger partial charge in [-0.05, 0) is 18.2 Å². The maximum Gasteiger partial charge on any atom is 0.338 e. The molecule has 0 aliphatic carbocycles. The number of fused-ring (bicyclic) bond motifs is 1. The smallest absolute Gasteiger partial charge is 0.338 e. The second kappa shape index (κ2) is 5.26. The molecule has 1 aromatic carbocycles. The van der Waals surface area contributed by atoms with Crippen LogP contribution in [-0.4, -0.2) is 40.6 Å². The Kier molecular flexibility index (Phi) is 3.52. The Morgan fingerprint density at radius 3 is 2.83 bits per heavy atom. The molecule has 0 spiro atoms. The van der Waals surface area contributed by atoms with E-state index in [4.69, 9.17) is 4.74 Å². The molecule has 0 amide bonds. The minimum Gasteiger partial charge on any atom is -0.462 e. The molecule has 0 radical (unpaired) electrons. The highest BCUT2D eigenvalue weighted by atomic mass is 16.6. The SMILES string of the molecule is CC(=O)OCCOC(=O)c1ccc2nn[nH]c2c1. The van der Waals surface area contributed by atoms with Crippen LogP contribution in [0, 0.1) is 0 Å². The Labute approximate surface area is 102 Å². The average Bonchev–Trinajstić information content (AvgIpc) is 2.81. The number of nitrogens with zero attached hydrogens (tertiary/aromatic N) is 2. The number of hydrogen-bond donors (Lipinski definition) is 1. The third-order valence-corrected chi connectivity index (χ3v) is 2.18. The van der Waals surface area contributed by atoms with Crippen LogP contribution in [0.4, 0.5) is 0 Å². The van der Waals surface area contributed by atoms with Gasteiger partial charge >= 0.3 is 11.9 Å². The molecule has 7 heteroatoms. The lowest BCUT2D eigenvalue weighted by Crippen LogP contribution is -2.12. The zero-order valence-electron chi connectivity index (χ0n) is 9.67. The molecule has 94 valence electrons. The number of rotatable bonds is 4. The van der Waals surface area contributed by atoms with Crippen LogP contribution < -0.4 is 0 Å². The number of carbonyl (C=O) groups is 2. The van der Waals surface area contributed by atoms with Crippen LogP contribution in [0.1, 0.15) is 17.3 Å². The Balaban J connectivity index is 1.93. The van der Waals surface area contributed by atoms with E-state index in [9.17, 15) is 9.59 Å². The summed E-state index contributed by atoms with van der Waals surface area (Å²) in [6.07, 6.45) is 0. The summed E-state index contributed by atoms with van der Waals surface area (Å²) in [5.41, 5.74) is 1.72. The number of aromatic amines is 1. The van der Waals surface area contributed by atoms with Crippen molar-refractivity contribution in [2.24, 2.45) is 0 Å². The van der Waals surface area contributed by atoms with Gasteiger partial charge in [-0.15, -0.1) is 5.10 Å². The van der Waals surface area contributed by atoms with Crippen molar-refractivity contribution in [2.75, 3.05) is 13.2 Å². The molecule has 1 N–H and O–H groups in total. The number of esters is 2. The largest absolute Gasteiger partial charge is 0.462 e. The fourth-order valence-electron chi connectivity index (χ4n) is 1.38. The average molecular weight is 249 g/mol. The highest BCUT2D eigenvalue weighted by Crippen LogP contribution is 2.11. The predicted octanol–water partition coefficient (Wildman–Crippen LogP) is 0.678. The summed E-state index contributed by atoms with van der Waals surface area (Å²) >= 11 is 0. The molecule has 1 heterocycles. The van der Waals surface area contributed by atoms with Gasteiger partial charge in [0.05, 0.1) is 11.1 Å². The van der Waals surface area contributed by atoms with Gasteiger partial charge in [0.25, 0.3) is 0 Å². The summed E-state index contributed by atoms with van der Waals surface area (Å²) in [6.45, 7) is 1.37. The first-order valence-electron chi connectivity index (χ1n) is 5.28. The number of hydrogen-bond acceptors (Lipinski definition) is 6. The van der Waals surface area contributed by atoms with E-state index in [1.807, 2.05) is 0 Å². The second-order valence-electron chi connectivity index (χ2n) is 3.52. The van der Waals surface area contributed by atoms with Gasteiger partial charge < -0.3 is 9.47 Å². The van der Waals surface area contributed by atoms with Crippen LogP contribution in [-0.2, 0) is 14.3 Å². The van der Waals surface area contributed by atoms with Crippen molar-refractivity contribution in [3.05, 3.63) is 23.8 Å². The van der Waals surface area contributed by atoms with Crippen LogP contribution >= 0.6 is 0 Å². The van der Waals surface area contributed by atoms with Gasteiger partial charge in [-0.3, -0.25) is 9.89 Å². The Hall–Kier alpha value is -2.44. The topological polar surface area (TPSA) is 94.2 Å². The molecule has 0 atom stereocenters. The van der Waals surface area contributed by atoms with E-state index in [1.54, 1.807) is 18.2 Å². The molecule has 0 unspecified atom stereocenters. The number of ether oxygens (including phenoxy) is 2. The van der Waals surface area contributed by atoms with Crippen LogP contribution in [0.2, 0.25) is 0 Å². The van der Waals surface area contributed by atoms with Gasteiger partial charge in [-0.2, -0.15) is 0 Å². The van der Waals surface area contributed by atoms with Crippen LogP contribution in [0.15, 0.2) is 18.2 Å². The van der Waals surface area contributed by atoms with E-state index < -0.39 is 11.9 Å². The predicted molar refractivity (Wildman–Crippen MR) is 60.8 cm³/mol.